The van der Waals surface area contributed by atoms with Crippen molar-refractivity contribution in [2.45, 2.75) is 418 Å². The highest BCUT2D eigenvalue weighted by molar-refractivity contribution is 5.76. The van der Waals surface area contributed by atoms with Gasteiger partial charge in [0.2, 0.25) is 5.91 Å². The van der Waals surface area contributed by atoms with Crippen LogP contribution in [0.4, 0.5) is 0 Å². The predicted molar refractivity (Wildman–Crippen MR) is 347 cm³/mol. The summed E-state index contributed by atoms with van der Waals surface area (Å²) in [7, 11) is 0. The van der Waals surface area contributed by atoms with Crippen molar-refractivity contribution in [3.8, 4) is 0 Å². The van der Waals surface area contributed by atoms with E-state index in [2.05, 4.69) is 43.5 Å². The highest BCUT2D eigenvalue weighted by atomic mass is 16.5. The number of aliphatic hydroxyl groups is 2. The lowest BCUT2D eigenvalue weighted by atomic mass is 10.0. The molecule has 1 amide bonds. The van der Waals surface area contributed by atoms with Gasteiger partial charge in [0.25, 0.3) is 0 Å². The fourth-order valence-corrected chi connectivity index (χ4v) is 11.5. The van der Waals surface area contributed by atoms with Crippen LogP contribution in [0.15, 0.2) is 24.3 Å². The lowest BCUT2D eigenvalue weighted by Gasteiger charge is -2.22. The Balaban J connectivity index is 3.32. The molecule has 6 nitrogen and oxygen atoms in total. The van der Waals surface area contributed by atoms with E-state index in [-0.39, 0.29) is 18.5 Å². The van der Waals surface area contributed by atoms with E-state index in [1.807, 2.05) is 0 Å². The zero-order valence-corrected chi connectivity index (χ0v) is 53.6. The molecule has 0 saturated carbocycles. The van der Waals surface area contributed by atoms with Gasteiger partial charge in [0.15, 0.2) is 0 Å². The first-order chi connectivity index (χ1) is 39.0. The van der Waals surface area contributed by atoms with Crippen molar-refractivity contribution < 1.29 is 24.5 Å². The number of allylic oxidation sites excluding steroid dienone is 4. The summed E-state index contributed by atoms with van der Waals surface area (Å²) in [6.07, 6.45) is 86.9. The Morgan fingerprint density at radius 3 is 0.962 bits per heavy atom. The van der Waals surface area contributed by atoms with Crippen LogP contribution in [0, 0.1) is 0 Å². The van der Waals surface area contributed by atoms with Crippen LogP contribution in [-0.4, -0.2) is 47.4 Å². The molecular weight excluding hydrogens is 971 g/mol. The van der Waals surface area contributed by atoms with Crippen molar-refractivity contribution in [3.63, 3.8) is 0 Å². The van der Waals surface area contributed by atoms with E-state index in [1.165, 1.54) is 327 Å². The van der Waals surface area contributed by atoms with Crippen LogP contribution in [0.5, 0.6) is 0 Å². The van der Waals surface area contributed by atoms with Gasteiger partial charge in [-0.1, -0.05) is 359 Å². The maximum atomic E-state index is 12.4. The van der Waals surface area contributed by atoms with Crippen LogP contribution in [0.25, 0.3) is 0 Å². The maximum Gasteiger partial charge on any atom is 0.305 e. The summed E-state index contributed by atoms with van der Waals surface area (Å²) in [5, 5.41) is 23.1. The lowest BCUT2D eigenvalue weighted by molar-refractivity contribution is -0.143. The van der Waals surface area contributed by atoms with Crippen molar-refractivity contribution in [2.75, 3.05) is 13.2 Å². The summed E-state index contributed by atoms with van der Waals surface area (Å²) < 4.78 is 5.50. The predicted octanol–water partition coefficient (Wildman–Crippen LogP) is 23.3. The second-order valence-corrected chi connectivity index (χ2v) is 24.9. The number of carbonyl (C=O) groups is 2. The highest BCUT2D eigenvalue weighted by Crippen LogP contribution is 2.19. The Morgan fingerprint density at radius 1 is 0.354 bits per heavy atom. The molecule has 0 aliphatic rings. The van der Waals surface area contributed by atoms with E-state index in [1.54, 1.807) is 0 Å². The minimum absolute atomic E-state index is 0.0228. The summed E-state index contributed by atoms with van der Waals surface area (Å²) in [6.45, 7) is 4.97. The SMILES string of the molecule is CCCCCCCCCCCCCCCCCCC(=O)OCCCCCCCCCCCCCCC/C=C\C/C=C\CCCCCCCCCCCCCCCCCCCC(=O)NC(CO)C(O)CCCCCCCCCCC. The number of unbranched alkanes of at least 4 members (excludes halogenated alkanes) is 53. The number of carbonyl (C=O) groups excluding carboxylic acids is 2. The van der Waals surface area contributed by atoms with Gasteiger partial charge in [0.1, 0.15) is 0 Å². The Hall–Kier alpha value is -1.66. The van der Waals surface area contributed by atoms with Gasteiger partial charge in [-0.05, 0) is 57.8 Å². The van der Waals surface area contributed by atoms with Gasteiger partial charge >= 0.3 is 5.97 Å². The van der Waals surface area contributed by atoms with E-state index in [9.17, 15) is 19.8 Å². The molecule has 0 aromatic carbocycles. The maximum absolute atomic E-state index is 12.4. The average molecular weight is 1110 g/mol. The molecule has 0 rings (SSSR count). The molecule has 6 heteroatoms. The number of esters is 1. The van der Waals surface area contributed by atoms with E-state index >= 15 is 0 Å². The fraction of sp³-hybridized carbons (Fsp3) is 0.918. The summed E-state index contributed by atoms with van der Waals surface area (Å²) in [4.78, 5) is 24.5. The lowest BCUT2D eigenvalue weighted by Crippen LogP contribution is -2.45. The quantitative estimate of drug-likeness (QED) is 0.0320. The molecular formula is C73H141NO5. The van der Waals surface area contributed by atoms with E-state index < -0.39 is 12.1 Å². The summed E-state index contributed by atoms with van der Waals surface area (Å²) in [6, 6.07) is -0.537. The number of rotatable bonds is 68. The topological polar surface area (TPSA) is 95.9 Å². The first-order valence-electron chi connectivity index (χ1n) is 36.1. The van der Waals surface area contributed by atoms with Gasteiger partial charge in [-0.25, -0.2) is 0 Å². The highest BCUT2D eigenvalue weighted by Gasteiger charge is 2.20. The van der Waals surface area contributed by atoms with Gasteiger partial charge in [-0.15, -0.1) is 0 Å². The molecule has 0 fully saturated rings. The van der Waals surface area contributed by atoms with Crippen molar-refractivity contribution in [1.29, 1.82) is 0 Å². The third-order valence-electron chi connectivity index (χ3n) is 17.0. The summed E-state index contributed by atoms with van der Waals surface area (Å²) in [5.41, 5.74) is 0. The van der Waals surface area contributed by atoms with Crippen LogP contribution in [0.1, 0.15) is 406 Å². The first kappa shape index (κ1) is 77.3. The standard InChI is InChI=1S/C73H141NO5/c1-3-5-7-9-11-13-14-15-16-41-44-47-51-55-59-63-67-73(78)79-68-64-60-56-52-48-45-42-39-37-35-33-31-29-27-25-23-21-19-17-18-20-22-24-26-28-30-32-34-36-38-40-43-46-50-54-58-62-66-72(77)74-70(69-75)71(76)65-61-57-53-49-12-10-8-6-4-2/h17,19,23,25,70-71,75-76H,3-16,18,20-22,24,26-69H2,1-2H3,(H,74,77)/b19-17-,25-23-. The van der Waals surface area contributed by atoms with E-state index in [0.717, 1.165) is 44.9 Å². The molecule has 79 heavy (non-hydrogen) atoms. The molecule has 0 aliphatic carbocycles. The molecule has 2 atom stereocenters. The largest absolute Gasteiger partial charge is 0.466 e. The molecule has 0 heterocycles. The Kier molecular flexibility index (Phi) is 67.4. The number of nitrogens with one attached hydrogen (secondary N) is 1. The zero-order valence-electron chi connectivity index (χ0n) is 53.6. The Bertz CT molecular complexity index is 1230. The first-order valence-corrected chi connectivity index (χ1v) is 36.1. The third kappa shape index (κ3) is 65.4. The smallest absolute Gasteiger partial charge is 0.305 e. The summed E-state index contributed by atoms with van der Waals surface area (Å²) >= 11 is 0. The number of hydrogen-bond donors (Lipinski definition) is 3. The molecule has 468 valence electrons. The molecule has 0 spiro atoms. The Morgan fingerprint density at radius 2 is 0.633 bits per heavy atom. The van der Waals surface area contributed by atoms with Crippen molar-refractivity contribution in [2.24, 2.45) is 0 Å². The van der Waals surface area contributed by atoms with Gasteiger partial charge < -0.3 is 20.3 Å². The van der Waals surface area contributed by atoms with Crippen molar-refractivity contribution in [3.05, 3.63) is 24.3 Å². The van der Waals surface area contributed by atoms with E-state index in [4.69, 9.17) is 4.74 Å². The van der Waals surface area contributed by atoms with Crippen LogP contribution in [0.3, 0.4) is 0 Å². The van der Waals surface area contributed by atoms with Gasteiger partial charge in [-0.3, -0.25) is 9.59 Å². The third-order valence-corrected chi connectivity index (χ3v) is 17.0. The molecule has 0 saturated heterocycles. The molecule has 0 aromatic rings. The number of ether oxygens (including phenoxy) is 1. The Labute approximate surface area is 494 Å². The van der Waals surface area contributed by atoms with Crippen molar-refractivity contribution in [1.82, 2.24) is 5.32 Å². The molecule has 0 aliphatic heterocycles. The number of aliphatic hydroxyl groups excluding tert-OH is 2. The van der Waals surface area contributed by atoms with Gasteiger partial charge in [0, 0.05) is 12.8 Å². The van der Waals surface area contributed by atoms with Crippen molar-refractivity contribution >= 4 is 11.9 Å². The molecule has 3 N–H and O–H groups in total. The zero-order chi connectivity index (χ0) is 57.1. The normalized spacial score (nSPS) is 12.6. The summed E-state index contributed by atoms with van der Waals surface area (Å²) in [5.74, 6) is -0.0101. The van der Waals surface area contributed by atoms with Crippen LogP contribution in [0.2, 0.25) is 0 Å². The molecule has 2 unspecified atom stereocenters. The van der Waals surface area contributed by atoms with Gasteiger partial charge in [0.05, 0.1) is 25.4 Å². The number of amides is 1. The fourth-order valence-electron chi connectivity index (χ4n) is 11.5. The average Bonchev–Trinajstić information content (AvgIpc) is 3.45. The number of hydrogen-bond acceptors (Lipinski definition) is 5. The minimum atomic E-state index is -0.659. The van der Waals surface area contributed by atoms with Crippen LogP contribution < -0.4 is 5.32 Å². The van der Waals surface area contributed by atoms with Crippen LogP contribution >= 0.6 is 0 Å². The van der Waals surface area contributed by atoms with Gasteiger partial charge in [-0.2, -0.15) is 0 Å². The molecule has 0 radical (unpaired) electrons. The molecule has 0 aromatic heterocycles. The van der Waals surface area contributed by atoms with E-state index in [0.29, 0.717) is 25.9 Å². The van der Waals surface area contributed by atoms with Crippen LogP contribution in [-0.2, 0) is 14.3 Å². The minimum Gasteiger partial charge on any atom is -0.466 e. The monoisotopic (exact) mass is 1110 g/mol. The second-order valence-electron chi connectivity index (χ2n) is 24.9. The second kappa shape index (κ2) is 68.8. The molecule has 0 bridgehead atoms.